The third-order valence-corrected chi connectivity index (χ3v) is 6.10. The van der Waals surface area contributed by atoms with E-state index in [-0.39, 0.29) is 5.41 Å². The quantitative estimate of drug-likeness (QED) is 0.494. The van der Waals surface area contributed by atoms with Gasteiger partial charge >= 0.3 is 0 Å². The molecule has 0 radical (unpaired) electrons. The van der Waals surface area contributed by atoms with Gasteiger partial charge in [0.25, 0.3) is 0 Å². The van der Waals surface area contributed by atoms with Crippen LogP contribution in [0.15, 0.2) is 91.0 Å². The maximum atomic E-state index is 2.65. The number of nitrogens with zero attached hydrogens (tertiary/aromatic N) is 1. The molecule has 1 atom stereocenters. The number of rotatable bonds is 5. The van der Waals surface area contributed by atoms with Crippen LogP contribution in [0.4, 0.5) is 0 Å². The molecule has 1 nitrogen and oxygen atoms in total. The highest BCUT2D eigenvalue weighted by molar-refractivity contribution is 5.33. The summed E-state index contributed by atoms with van der Waals surface area (Å²) in [6.45, 7) is 9.45. The van der Waals surface area contributed by atoms with E-state index in [9.17, 15) is 0 Å². The van der Waals surface area contributed by atoms with Crippen molar-refractivity contribution < 1.29 is 0 Å². The van der Waals surface area contributed by atoms with Gasteiger partial charge in [0.15, 0.2) is 0 Å². The summed E-state index contributed by atoms with van der Waals surface area (Å²) in [7, 11) is 0. The molecule has 1 heterocycles. The van der Waals surface area contributed by atoms with E-state index in [1.165, 1.54) is 16.7 Å². The zero-order valence-electron chi connectivity index (χ0n) is 17.3. The number of hydrogen-bond donors (Lipinski definition) is 0. The van der Waals surface area contributed by atoms with Gasteiger partial charge in [-0.15, -0.1) is 0 Å². The minimum absolute atomic E-state index is 0.257. The molecular weight excluding hydrogens is 338 g/mol. The second kappa shape index (κ2) is 7.93. The minimum Gasteiger partial charge on any atom is -0.292 e. The van der Waals surface area contributed by atoms with Crippen molar-refractivity contribution in [1.82, 2.24) is 4.90 Å². The first-order valence-electron chi connectivity index (χ1n) is 10.4. The third-order valence-electron chi connectivity index (χ3n) is 6.10. The Labute approximate surface area is 170 Å². The van der Waals surface area contributed by atoms with Crippen LogP contribution in [-0.4, -0.2) is 18.0 Å². The first-order valence-corrected chi connectivity index (χ1v) is 10.4. The lowest BCUT2D eigenvalue weighted by Crippen LogP contribution is -2.53. The van der Waals surface area contributed by atoms with Crippen LogP contribution in [0.3, 0.4) is 0 Å². The van der Waals surface area contributed by atoms with Crippen molar-refractivity contribution >= 4 is 0 Å². The largest absolute Gasteiger partial charge is 0.292 e. The summed E-state index contributed by atoms with van der Waals surface area (Å²) in [5, 5.41) is 0. The summed E-state index contributed by atoms with van der Waals surface area (Å²) in [6, 6.07) is 33.4. The Morgan fingerprint density at radius 3 is 1.43 bits per heavy atom. The lowest BCUT2D eigenvalue weighted by atomic mass is 9.66. The van der Waals surface area contributed by atoms with E-state index in [0.29, 0.717) is 17.9 Å². The number of hydrogen-bond acceptors (Lipinski definition) is 1. The number of likely N-dealkylation sites (tertiary alicyclic amines) is 1. The zero-order chi connectivity index (χ0) is 19.6. The molecule has 0 spiro atoms. The molecule has 3 aromatic rings. The summed E-state index contributed by atoms with van der Waals surface area (Å²) in [6.07, 6.45) is 0. The van der Waals surface area contributed by atoms with E-state index in [4.69, 9.17) is 0 Å². The van der Waals surface area contributed by atoms with Crippen molar-refractivity contribution in [3.63, 3.8) is 0 Å². The van der Waals surface area contributed by atoms with Gasteiger partial charge in [-0.2, -0.15) is 0 Å². The molecule has 0 aromatic heterocycles. The van der Waals surface area contributed by atoms with Gasteiger partial charge in [0.05, 0.1) is 6.04 Å². The molecule has 0 N–H and O–H groups in total. The van der Waals surface area contributed by atoms with Gasteiger partial charge < -0.3 is 0 Å². The second-order valence-electron chi connectivity index (χ2n) is 9.19. The van der Waals surface area contributed by atoms with Gasteiger partial charge in [-0.3, -0.25) is 4.90 Å². The molecule has 0 aliphatic carbocycles. The lowest BCUT2D eigenvalue weighted by molar-refractivity contribution is 0.0246. The van der Waals surface area contributed by atoms with Crippen molar-refractivity contribution in [2.75, 3.05) is 13.1 Å². The molecular formula is C27H31N. The summed E-state index contributed by atoms with van der Waals surface area (Å²) in [5.74, 6) is 1.27. The van der Waals surface area contributed by atoms with E-state index >= 15 is 0 Å². The Balaban J connectivity index is 1.59. The summed E-state index contributed by atoms with van der Waals surface area (Å²) < 4.78 is 0. The standard InChI is InChI=1S/C27H31N/c1-27(2,3)25(21-13-7-4-8-14-21)24-19-28(20-24)26(22-15-9-5-10-16-22)23-17-11-6-12-18-23/h4-18,24-26H,19-20H2,1-3H3. The predicted octanol–water partition coefficient (Wildman–Crippen LogP) is 6.54. The van der Waals surface area contributed by atoms with Crippen LogP contribution in [0.5, 0.6) is 0 Å². The summed E-state index contributed by atoms with van der Waals surface area (Å²) in [5.41, 5.74) is 4.52. The fourth-order valence-corrected chi connectivity index (χ4v) is 4.99. The Morgan fingerprint density at radius 2 is 1.04 bits per heavy atom. The first-order chi connectivity index (χ1) is 13.5. The molecule has 4 rings (SSSR count). The smallest absolute Gasteiger partial charge is 0.0602 e. The molecule has 144 valence electrons. The van der Waals surface area contributed by atoms with Crippen molar-refractivity contribution in [3.8, 4) is 0 Å². The van der Waals surface area contributed by atoms with E-state index in [0.717, 1.165) is 13.1 Å². The molecule has 0 saturated carbocycles. The van der Waals surface area contributed by atoms with Crippen molar-refractivity contribution in [2.24, 2.45) is 11.3 Å². The Hall–Kier alpha value is -2.38. The van der Waals surface area contributed by atoms with Crippen LogP contribution in [0, 0.1) is 11.3 Å². The van der Waals surface area contributed by atoms with Crippen LogP contribution in [0.2, 0.25) is 0 Å². The van der Waals surface area contributed by atoms with Crippen LogP contribution in [-0.2, 0) is 0 Å². The molecule has 0 bridgehead atoms. The Morgan fingerprint density at radius 1 is 0.643 bits per heavy atom. The van der Waals surface area contributed by atoms with Crippen LogP contribution < -0.4 is 0 Å². The third kappa shape index (κ3) is 3.91. The summed E-state index contributed by atoms with van der Waals surface area (Å²) in [4.78, 5) is 2.65. The predicted molar refractivity (Wildman–Crippen MR) is 118 cm³/mol. The zero-order valence-corrected chi connectivity index (χ0v) is 17.3. The lowest BCUT2D eigenvalue weighted by Gasteiger charge is -2.51. The summed E-state index contributed by atoms with van der Waals surface area (Å²) >= 11 is 0. The fourth-order valence-electron chi connectivity index (χ4n) is 4.99. The van der Waals surface area contributed by atoms with Crippen molar-refractivity contribution in [1.29, 1.82) is 0 Å². The van der Waals surface area contributed by atoms with Gasteiger partial charge in [-0.25, -0.2) is 0 Å². The molecule has 28 heavy (non-hydrogen) atoms. The Bertz CT molecular complexity index is 819. The van der Waals surface area contributed by atoms with Crippen LogP contribution in [0.25, 0.3) is 0 Å². The molecule has 0 amide bonds. The molecule has 1 heteroatoms. The fraction of sp³-hybridized carbons (Fsp3) is 0.333. The topological polar surface area (TPSA) is 3.24 Å². The first kappa shape index (κ1) is 19.0. The monoisotopic (exact) mass is 369 g/mol. The number of benzene rings is 3. The van der Waals surface area contributed by atoms with Gasteiger partial charge in [-0.1, -0.05) is 112 Å². The molecule has 1 aliphatic heterocycles. The van der Waals surface area contributed by atoms with Crippen LogP contribution in [0.1, 0.15) is 49.4 Å². The van der Waals surface area contributed by atoms with Crippen molar-refractivity contribution in [2.45, 2.75) is 32.7 Å². The van der Waals surface area contributed by atoms with Crippen molar-refractivity contribution in [3.05, 3.63) is 108 Å². The minimum atomic E-state index is 0.257. The molecule has 3 aromatic carbocycles. The molecule has 1 fully saturated rings. The molecule has 1 unspecified atom stereocenters. The average molecular weight is 370 g/mol. The van der Waals surface area contributed by atoms with E-state index in [2.05, 4.69) is 117 Å². The van der Waals surface area contributed by atoms with E-state index in [1.807, 2.05) is 0 Å². The van der Waals surface area contributed by atoms with E-state index in [1.54, 1.807) is 0 Å². The van der Waals surface area contributed by atoms with Gasteiger partial charge in [0, 0.05) is 13.1 Å². The van der Waals surface area contributed by atoms with Gasteiger partial charge in [-0.05, 0) is 33.9 Å². The molecule has 1 saturated heterocycles. The SMILES string of the molecule is CC(C)(C)C(c1ccccc1)C1CN(C(c2ccccc2)c2ccccc2)C1. The van der Waals surface area contributed by atoms with E-state index < -0.39 is 0 Å². The highest BCUT2D eigenvalue weighted by Gasteiger charge is 2.42. The highest BCUT2D eigenvalue weighted by Crippen LogP contribution is 2.47. The Kier molecular flexibility index (Phi) is 5.37. The second-order valence-corrected chi connectivity index (χ2v) is 9.19. The molecule has 1 aliphatic rings. The maximum Gasteiger partial charge on any atom is 0.0602 e. The van der Waals surface area contributed by atoms with Gasteiger partial charge in [0.1, 0.15) is 0 Å². The van der Waals surface area contributed by atoms with Gasteiger partial charge in [0.2, 0.25) is 0 Å². The normalized spacial score (nSPS) is 16.7. The average Bonchev–Trinajstić information content (AvgIpc) is 2.67. The maximum absolute atomic E-state index is 2.65. The highest BCUT2D eigenvalue weighted by atomic mass is 15.2. The van der Waals surface area contributed by atoms with Crippen LogP contribution >= 0.6 is 0 Å².